The summed E-state index contributed by atoms with van der Waals surface area (Å²) in [6, 6.07) is 21.7. The molecule has 8 nitrogen and oxygen atoms in total. The van der Waals surface area contributed by atoms with Crippen LogP contribution < -0.4 is 19.5 Å². The molecule has 8 heteroatoms. The number of aromatic nitrogens is 2. The summed E-state index contributed by atoms with van der Waals surface area (Å²) in [5.41, 5.74) is 2.17. The van der Waals surface area contributed by atoms with Crippen molar-refractivity contribution in [3.63, 3.8) is 0 Å². The number of benzene rings is 3. The van der Waals surface area contributed by atoms with Crippen molar-refractivity contribution in [2.75, 3.05) is 19.5 Å². The largest absolute Gasteiger partial charge is 0.497 e. The average molecular weight is 445 g/mol. The van der Waals surface area contributed by atoms with E-state index in [-0.39, 0.29) is 5.91 Å². The molecule has 0 aliphatic rings. The van der Waals surface area contributed by atoms with E-state index in [1.165, 1.54) is 0 Å². The molecule has 0 unspecified atom stereocenters. The minimum Gasteiger partial charge on any atom is -0.497 e. The number of carbonyl (C=O) groups excluding carboxylic acids is 1. The molecule has 0 spiro atoms. The van der Waals surface area contributed by atoms with Crippen molar-refractivity contribution < 1.29 is 23.5 Å². The van der Waals surface area contributed by atoms with Gasteiger partial charge < -0.3 is 24.1 Å². The Labute approximate surface area is 191 Å². The number of carbonyl (C=O) groups is 1. The van der Waals surface area contributed by atoms with E-state index < -0.39 is 6.10 Å². The highest BCUT2D eigenvalue weighted by atomic mass is 16.5. The zero-order valence-corrected chi connectivity index (χ0v) is 18.4. The molecule has 0 radical (unpaired) electrons. The maximum Gasteiger partial charge on any atom is 0.265 e. The van der Waals surface area contributed by atoms with E-state index in [2.05, 4.69) is 15.5 Å². The van der Waals surface area contributed by atoms with Gasteiger partial charge in [0.2, 0.25) is 5.82 Å². The smallest absolute Gasteiger partial charge is 0.265 e. The third-order valence-electron chi connectivity index (χ3n) is 4.92. The molecule has 0 saturated heterocycles. The van der Waals surface area contributed by atoms with Gasteiger partial charge >= 0.3 is 0 Å². The fourth-order valence-electron chi connectivity index (χ4n) is 3.10. The summed E-state index contributed by atoms with van der Waals surface area (Å²) in [5.74, 6) is 2.40. The lowest BCUT2D eigenvalue weighted by Gasteiger charge is -2.16. The Morgan fingerprint density at radius 1 is 0.879 bits per heavy atom. The second-order valence-electron chi connectivity index (χ2n) is 7.13. The molecule has 0 aliphatic carbocycles. The van der Waals surface area contributed by atoms with Crippen LogP contribution >= 0.6 is 0 Å². The second-order valence-corrected chi connectivity index (χ2v) is 7.13. The molecular weight excluding hydrogens is 422 g/mol. The fourth-order valence-corrected chi connectivity index (χ4v) is 3.10. The summed E-state index contributed by atoms with van der Waals surface area (Å²) in [5, 5.41) is 6.88. The van der Waals surface area contributed by atoms with Crippen LogP contribution in [-0.2, 0) is 4.79 Å². The molecule has 1 aromatic heterocycles. The highest BCUT2D eigenvalue weighted by Gasteiger charge is 2.17. The van der Waals surface area contributed by atoms with Crippen molar-refractivity contribution in [2.45, 2.75) is 13.0 Å². The monoisotopic (exact) mass is 445 g/mol. The number of ether oxygens (including phenoxy) is 3. The van der Waals surface area contributed by atoms with Crippen molar-refractivity contribution in [3.8, 4) is 40.1 Å². The lowest BCUT2D eigenvalue weighted by molar-refractivity contribution is -0.122. The van der Waals surface area contributed by atoms with Crippen LogP contribution in [0.1, 0.15) is 6.92 Å². The van der Waals surface area contributed by atoms with Crippen LogP contribution in [0.25, 0.3) is 22.8 Å². The average Bonchev–Trinajstić information content (AvgIpc) is 3.35. The molecule has 4 aromatic rings. The predicted octanol–water partition coefficient (Wildman–Crippen LogP) is 4.83. The van der Waals surface area contributed by atoms with E-state index in [9.17, 15) is 4.79 Å². The van der Waals surface area contributed by atoms with Gasteiger partial charge in [-0.3, -0.25) is 4.79 Å². The summed E-state index contributed by atoms with van der Waals surface area (Å²) in [6.07, 6.45) is -0.719. The molecule has 1 heterocycles. The summed E-state index contributed by atoms with van der Waals surface area (Å²) in [4.78, 5) is 17.0. The molecular formula is C25H23N3O5. The maximum absolute atomic E-state index is 12.6. The quantitative estimate of drug-likeness (QED) is 0.415. The molecule has 0 aliphatic heterocycles. The molecule has 3 aromatic carbocycles. The van der Waals surface area contributed by atoms with E-state index in [1.807, 2.05) is 36.4 Å². The lowest BCUT2D eigenvalue weighted by Crippen LogP contribution is -2.30. The topological polar surface area (TPSA) is 95.7 Å². The van der Waals surface area contributed by atoms with Crippen molar-refractivity contribution in [1.29, 1.82) is 0 Å². The number of nitrogens with zero attached hydrogens (tertiary/aromatic N) is 2. The van der Waals surface area contributed by atoms with Gasteiger partial charge in [-0.2, -0.15) is 4.98 Å². The molecule has 0 fully saturated rings. The summed E-state index contributed by atoms with van der Waals surface area (Å²) < 4.78 is 21.6. The van der Waals surface area contributed by atoms with Crippen LogP contribution in [0.3, 0.4) is 0 Å². The Kier molecular flexibility index (Phi) is 6.54. The van der Waals surface area contributed by atoms with Crippen LogP contribution in [0.2, 0.25) is 0 Å². The predicted molar refractivity (Wildman–Crippen MR) is 123 cm³/mol. The molecule has 0 saturated carbocycles. The lowest BCUT2D eigenvalue weighted by atomic mass is 10.2. The summed E-state index contributed by atoms with van der Waals surface area (Å²) >= 11 is 0. The second kappa shape index (κ2) is 9.86. The third kappa shape index (κ3) is 5.12. The Hall–Kier alpha value is -4.33. The molecule has 33 heavy (non-hydrogen) atoms. The number of hydrogen-bond acceptors (Lipinski definition) is 7. The Morgan fingerprint density at radius 2 is 1.55 bits per heavy atom. The van der Waals surface area contributed by atoms with E-state index >= 15 is 0 Å². The number of anilines is 1. The zero-order chi connectivity index (χ0) is 23.2. The van der Waals surface area contributed by atoms with E-state index in [0.29, 0.717) is 28.9 Å². The van der Waals surface area contributed by atoms with Crippen LogP contribution in [0.15, 0.2) is 77.3 Å². The van der Waals surface area contributed by atoms with Gasteiger partial charge in [-0.1, -0.05) is 17.3 Å². The van der Waals surface area contributed by atoms with Crippen molar-refractivity contribution in [2.24, 2.45) is 0 Å². The van der Waals surface area contributed by atoms with E-state index in [0.717, 1.165) is 16.9 Å². The normalized spacial score (nSPS) is 11.5. The Morgan fingerprint density at radius 3 is 2.21 bits per heavy atom. The highest BCUT2D eigenvalue weighted by Crippen LogP contribution is 2.27. The fraction of sp³-hybridized carbons (Fsp3) is 0.160. The minimum atomic E-state index is -0.719. The van der Waals surface area contributed by atoms with Gasteiger partial charge in [-0.15, -0.1) is 0 Å². The van der Waals surface area contributed by atoms with Gasteiger partial charge in [0.25, 0.3) is 11.8 Å². The van der Waals surface area contributed by atoms with Gasteiger partial charge in [-0.25, -0.2) is 0 Å². The molecule has 4 rings (SSSR count). The third-order valence-corrected chi connectivity index (χ3v) is 4.92. The first kappa shape index (κ1) is 21.9. The number of hydrogen-bond donors (Lipinski definition) is 1. The Bertz CT molecular complexity index is 1220. The van der Waals surface area contributed by atoms with Crippen LogP contribution in [0.4, 0.5) is 5.69 Å². The minimum absolute atomic E-state index is 0.284. The first-order valence-corrected chi connectivity index (χ1v) is 10.3. The van der Waals surface area contributed by atoms with E-state index in [1.54, 1.807) is 57.5 Å². The number of nitrogens with one attached hydrogen (secondary N) is 1. The SMILES string of the molecule is COc1ccc(-c2noc(-c3ccc(NC(=O)[C@H](C)Oc4ccccc4OC)cc3)n2)cc1. The molecule has 1 amide bonds. The zero-order valence-electron chi connectivity index (χ0n) is 18.4. The molecule has 0 bridgehead atoms. The van der Waals surface area contributed by atoms with Gasteiger partial charge in [0.1, 0.15) is 5.75 Å². The van der Waals surface area contributed by atoms with Crippen LogP contribution in [-0.4, -0.2) is 36.4 Å². The van der Waals surface area contributed by atoms with Crippen molar-refractivity contribution in [1.82, 2.24) is 10.1 Å². The first-order chi connectivity index (χ1) is 16.1. The van der Waals surface area contributed by atoms with Crippen LogP contribution in [0.5, 0.6) is 17.2 Å². The van der Waals surface area contributed by atoms with Gasteiger partial charge in [0.05, 0.1) is 14.2 Å². The molecule has 1 atom stereocenters. The number of rotatable bonds is 8. The number of methoxy groups -OCH3 is 2. The van der Waals surface area contributed by atoms with Crippen molar-refractivity contribution in [3.05, 3.63) is 72.8 Å². The first-order valence-electron chi connectivity index (χ1n) is 10.3. The standard InChI is InChI=1S/C25H23N3O5/c1-16(32-22-7-5-4-6-21(22)31-3)24(29)26-19-12-8-18(9-13-19)25-27-23(28-33-25)17-10-14-20(30-2)15-11-17/h4-16H,1-3H3,(H,26,29)/t16-/m0/s1. The van der Waals surface area contributed by atoms with E-state index in [4.69, 9.17) is 18.7 Å². The Balaban J connectivity index is 1.40. The summed E-state index contributed by atoms with van der Waals surface area (Å²) in [6.45, 7) is 1.68. The highest BCUT2D eigenvalue weighted by molar-refractivity contribution is 5.94. The maximum atomic E-state index is 12.6. The number of amides is 1. The number of para-hydroxylation sites is 2. The summed E-state index contributed by atoms with van der Waals surface area (Å²) in [7, 11) is 3.17. The van der Waals surface area contributed by atoms with Crippen molar-refractivity contribution >= 4 is 11.6 Å². The van der Waals surface area contributed by atoms with Gasteiger partial charge in [0, 0.05) is 16.8 Å². The van der Waals surface area contributed by atoms with Gasteiger partial charge in [0.15, 0.2) is 17.6 Å². The van der Waals surface area contributed by atoms with Crippen LogP contribution in [0, 0.1) is 0 Å². The molecule has 1 N–H and O–H groups in total. The van der Waals surface area contributed by atoms with Gasteiger partial charge in [-0.05, 0) is 67.6 Å². The molecule has 168 valence electrons.